The lowest BCUT2D eigenvalue weighted by Crippen LogP contribution is -2.37. The number of rotatable bonds is 11. The van der Waals surface area contributed by atoms with Gasteiger partial charge in [0.05, 0.1) is 6.10 Å². The summed E-state index contributed by atoms with van der Waals surface area (Å²) in [7, 11) is 0. The van der Waals surface area contributed by atoms with Gasteiger partial charge in [-0.25, -0.2) is 0 Å². The van der Waals surface area contributed by atoms with Gasteiger partial charge in [-0.05, 0) is 117 Å². The number of hydrogen-bond donors (Lipinski definition) is 0. The molecule has 0 radical (unpaired) electrons. The van der Waals surface area contributed by atoms with E-state index in [1.54, 1.807) is 16.7 Å². The smallest absolute Gasteiger partial charge is 0.0578 e. The molecule has 0 heterocycles. The molecule has 1 heteroatoms. The van der Waals surface area contributed by atoms with Crippen LogP contribution in [0.25, 0.3) is 0 Å². The number of benzene rings is 1. The molecule has 1 aromatic carbocycles. The Morgan fingerprint density at radius 1 is 0.719 bits per heavy atom. The number of fused-ring (bicyclic) bond motifs is 2. The summed E-state index contributed by atoms with van der Waals surface area (Å²) in [5.74, 6) is 3.89. The Morgan fingerprint density at radius 2 is 1.47 bits per heavy atom. The van der Waals surface area contributed by atoms with Crippen LogP contribution in [-0.4, -0.2) is 12.7 Å². The summed E-state index contributed by atoms with van der Waals surface area (Å²) >= 11 is 0. The van der Waals surface area contributed by atoms with Gasteiger partial charge in [0.15, 0.2) is 0 Å². The zero-order chi connectivity index (χ0) is 22.2. The highest BCUT2D eigenvalue weighted by molar-refractivity contribution is 5.34. The van der Waals surface area contributed by atoms with E-state index in [1.165, 1.54) is 109 Å². The minimum Gasteiger partial charge on any atom is -0.378 e. The molecule has 0 aliphatic heterocycles. The van der Waals surface area contributed by atoms with Gasteiger partial charge < -0.3 is 4.74 Å². The zero-order valence-corrected chi connectivity index (χ0v) is 21.3. The first-order valence-corrected chi connectivity index (χ1v) is 14.5. The van der Waals surface area contributed by atoms with E-state index >= 15 is 0 Å². The van der Waals surface area contributed by atoms with Crippen LogP contribution >= 0.6 is 0 Å². The number of unbranched alkanes of at least 4 members (excludes halogenated alkanes) is 5. The van der Waals surface area contributed by atoms with Crippen molar-refractivity contribution in [2.45, 2.75) is 129 Å². The molecule has 32 heavy (non-hydrogen) atoms. The Kier molecular flexibility index (Phi) is 9.56. The summed E-state index contributed by atoms with van der Waals surface area (Å²) in [5.41, 5.74) is 4.97. The molecule has 0 N–H and O–H groups in total. The molecular weight excluding hydrogens is 388 g/mol. The van der Waals surface area contributed by atoms with E-state index in [9.17, 15) is 0 Å². The van der Waals surface area contributed by atoms with Crippen LogP contribution in [0, 0.1) is 23.7 Å². The molecule has 0 spiro atoms. The highest BCUT2D eigenvalue weighted by Crippen LogP contribution is 2.47. The maximum absolute atomic E-state index is 6.21. The fraction of sp³-hybridized carbons (Fsp3) is 0.806. The Balaban J connectivity index is 1.23. The highest BCUT2D eigenvalue weighted by atomic mass is 16.5. The van der Waals surface area contributed by atoms with Gasteiger partial charge in [-0.3, -0.25) is 0 Å². The van der Waals surface area contributed by atoms with Crippen LogP contribution in [0.1, 0.15) is 120 Å². The Morgan fingerprint density at radius 3 is 2.31 bits per heavy atom. The zero-order valence-electron chi connectivity index (χ0n) is 21.3. The lowest BCUT2D eigenvalue weighted by atomic mass is 9.62. The van der Waals surface area contributed by atoms with Gasteiger partial charge in [0.1, 0.15) is 0 Å². The summed E-state index contributed by atoms with van der Waals surface area (Å²) < 4.78 is 6.21. The lowest BCUT2D eigenvalue weighted by Gasteiger charge is -2.45. The van der Waals surface area contributed by atoms with Crippen LogP contribution in [0.2, 0.25) is 0 Å². The molecule has 3 unspecified atom stereocenters. The van der Waals surface area contributed by atoms with Gasteiger partial charge >= 0.3 is 0 Å². The van der Waals surface area contributed by atoms with Crippen molar-refractivity contribution in [3.8, 4) is 0 Å². The molecule has 180 valence electrons. The minimum absolute atomic E-state index is 0.571. The molecular formula is C31H50O. The first-order valence-electron chi connectivity index (χ1n) is 14.5. The second kappa shape index (κ2) is 12.6. The second-order valence-corrected chi connectivity index (χ2v) is 11.5. The van der Waals surface area contributed by atoms with Crippen molar-refractivity contribution >= 4 is 0 Å². The summed E-state index contributed by atoms with van der Waals surface area (Å²) in [6.07, 6.45) is 24.0. The molecule has 5 atom stereocenters. The van der Waals surface area contributed by atoms with Crippen LogP contribution < -0.4 is 0 Å². The van der Waals surface area contributed by atoms with E-state index in [-0.39, 0.29) is 0 Å². The van der Waals surface area contributed by atoms with Crippen molar-refractivity contribution in [1.82, 2.24) is 0 Å². The van der Waals surface area contributed by atoms with Crippen molar-refractivity contribution < 1.29 is 4.74 Å². The monoisotopic (exact) mass is 438 g/mol. The Labute approximate surface area is 199 Å². The molecule has 1 nitrogen and oxygen atoms in total. The van der Waals surface area contributed by atoms with E-state index in [0.717, 1.165) is 30.3 Å². The Hall–Kier alpha value is -0.820. The van der Waals surface area contributed by atoms with Crippen LogP contribution in [0.15, 0.2) is 18.2 Å². The summed E-state index contributed by atoms with van der Waals surface area (Å²) in [6.45, 7) is 5.56. The fourth-order valence-corrected chi connectivity index (χ4v) is 7.18. The summed E-state index contributed by atoms with van der Waals surface area (Å²) in [5, 5.41) is 0. The van der Waals surface area contributed by atoms with Crippen LogP contribution in [-0.2, 0) is 24.0 Å². The van der Waals surface area contributed by atoms with Crippen LogP contribution in [0.4, 0.5) is 0 Å². The third-order valence-electron chi connectivity index (χ3n) is 9.23. The lowest BCUT2D eigenvalue weighted by molar-refractivity contribution is -0.0247. The predicted molar refractivity (Wildman–Crippen MR) is 137 cm³/mol. The number of ether oxygens (including phenoxy) is 1. The number of aryl methyl sites for hydroxylation is 2. The molecule has 3 aliphatic rings. The molecule has 0 saturated heterocycles. The van der Waals surface area contributed by atoms with Crippen molar-refractivity contribution in [2.24, 2.45) is 23.7 Å². The summed E-state index contributed by atoms with van der Waals surface area (Å²) in [4.78, 5) is 0. The van der Waals surface area contributed by atoms with Gasteiger partial charge in [0.2, 0.25) is 0 Å². The third-order valence-corrected chi connectivity index (χ3v) is 9.23. The van der Waals surface area contributed by atoms with Crippen LogP contribution in [0.3, 0.4) is 0 Å². The summed E-state index contributed by atoms with van der Waals surface area (Å²) in [6, 6.07) is 7.53. The second-order valence-electron chi connectivity index (χ2n) is 11.5. The van der Waals surface area contributed by atoms with Gasteiger partial charge in [-0.15, -0.1) is 0 Å². The van der Waals surface area contributed by atoms with Gasteiger partial charge in [-0.1, -0.05) is 64.2 Å². The van der Waals surface area contributed by atoms with Crippen molar-refractivity contribution in [2.75, 3.05) is 6.61 Å². The molecule has 4 rings (SSSR count). The van der Waals surface area contributed by atoms with E-state index in [4.69, 9.17) is 4.74 Å². The van der Waals surface area contributed by atoms with Crippen molar-refractivity contribution in [3.63, 3.8) is 0 Å². The van der Waals surface area contributed by atoms with Crippen molar-refractivity contribution in [3.05, 3.63) is 34.9 Å². The molecule has 2 fully saturated rings. The third kappa shape index (κ3) is 6.62. The largest absolute Gasteiger partial charge is 0.378 e. The van der Waals surface area contributed by atoms with E-state index in [2.05, 4.69) is 32.0 Å². The van der Waals surface area contributed by atoms with Crippen LogP contribution in [0.5, 0.6) is 0 Å². The Bertz CT molecular complexity index is 679. The van der Waals surface area contributed by atoms with E-state index in [1.807, 2.05) is 0 Å². The average molecular weight is 439 g/mol. The van der Waals surface area contributed by atoms with Gasteiger partial charge in [0.25, 0.3) is 0 Å². The standard InChI is InChI=1S/C31H50O/c1-3-5-7-8-9-10-24-11-12-26-21-27(14-13-25(26)20-24)28-15-16-30-23-31(32-19-6-4-2)18-17-29(30)22-28/h11-12,20,27-31H,3-10,13-19,21-23H2,1-2H3/t27?,28?,29-,30?,31-/m1/s1. The van der Waals surface area contributed by atoms with E-state index in [0.29, 0.717) is 6.10 Å². The molecule has 2 saturated carbocycles. The highest BCUT2D eigenvalue weighted by Gasteiger charge is 2.38. The predicted octanol–water partition coefficient (Wildman–Crippen LogP) is 8.71. The first kappa shape index (κ1) is 24.3. The number of hydrogen-bond acceptors (Lipinski definition) is 1. The topological polar surface area (TPSA) is 9.23 Å². The normalized spacial score (nSPS) is 30.0. The average Bonchev–Trinajstić information content (AvgIpc) is 2.83. The maximum atomic E-state index is 6.21. The molecule has 3 aliphatic carbocycles. The van der Waals surface area contributed by atoms with Gasteiger partial charge in [0, 0.05) is 6.61 Å². The molecule has 0 bridgehead atoms. The van der Waals surface area contributed by atoms with Crippen molar-refractivity contribution in [1.29, 1.82) is 0 Å². The van der Waals surface area contributed by atoms with Gasteiger partial charge in [-0.2, -0.15) is 0 Å². The minimum atomic E-state index is 0.571. The van der Waals surface area contributed by atoms with E-state index < -0.39 is 0 Å². The SMILES string of the molecule is CCCCCCCc1ccc2c(c1)CCC(C1CCC3C[C@H](OCCCC)CC[C@@H]3C1)C2. The molecule has 0 amide bonds. The molecule has 1 aromatic rings. The quantitative estimate of drug-likeness (QED) is 0.314. The maximum Gasteiger partial charge on any atom is 0.0578 e. The fourth-order valence-electron chi connectivity index (χ4n) is 7.18. The first-order chi connectivity index (χ1) is 15.8. The molecule has 0 aromatic heterocycles.